The van der Waals surface area contributed by atoms with Crippen LogP contribution in [0.1, 0.15) is 19.3 Å². The minimum Gasteiger partial charge on any atom is -0.378 e. The van der Waals surface area contributed by atoms with E-state index in [9.17, 15) is 4.79 Å². The molecule has 1 fully saturated rings. The molecule has 6 heteroatoms. The van der Waals surface area contributed by atoms with Gasteiger partial charge in [-0.1, -0.05) is 6.42 Å². The minimum atomic E-state index is 0. The van der Waals surface area contributed by atoms with Gasteiger partial charge in [0.25, 0.3) is 0 Å². The summed E-state index contributed by atoms with van der Waals surface area (Å²) >= 11 is 0. The molecule has 2 N–H and O–H groups in total. The third kappa shape index (κ3) is 7.87. The van der Waals surface area contributed by atoms with Gasteiger partial charge >= 0.3 is 0 Å². The summed E-state index contributed by atoms with van der Waals surface area (Å²) in [6.07, 6.45) is 3.27. The third-order valence-corrected chi connectivity index (χ3v) is 2.86. The molecule has 1 saturated heterocycles. The Morgan fingerprint density at radius 3 is 2.78 bits per heavy atom. The van der Waals surface area contributed by atoms with E-state index in [2.05, 4.69) is 15.5 Å². The van der Waals surface area contributed by atoms with Crippen LogP contribution in [0, 0.1) is 0 Å². The fourth-order valence-electron chi connectivity index (χ4n) is 1.79. The third-order valence-electron chi connectivity index (χ3n) is 2.86. The van der Waals surface area contributed by atoms with Crippen LogP contribution >= 0.6 is 12.4 Å². The molecular formula is C12H26ClN3O2. The first kappa shape index (κ1) is 17.6. The molecule has 108 valence electrons. The van der Waals surface area contributed by atoms with E-state index < -0.39 is 0 Å². The molecule has 0 aromatic rings. The van der Waals surface area contributed by atoms with Gasteiger partial charge in [0.1, 0.15) is 0 Å². The zero-order chi connectivity index (χ0) is 12.5. The van der Waals surface area contributed by atoms with E-state index in [0.29, 0.717) is 19.8 Å². The molecule has 0 aliphatic carbocycles. The lowest BCUT2D eigenvalue weighted by Gasteiger charge is -2.22. The normalized spacial score (nSPS) is 19.4. The first-order valence-corrected chi connectivity index (χ1v) is 6.43. The van der Waals surface area contributed by atoms with Crippen LogP contribution in [0.3, 0.4) is 0 Å². The predicted octanol–water partition coefficient (Wildman–Crippen LogP) is 0.245. The number of nitrogens with zero attached hydrogens (tertiary/aromatic N) is 1. The van der Waals surface area contributed by atoms with Gasteiger partial charge in [0, 0.05) is 13.1 Å². The van der Waals surface area contributed by atoms with Gasteiger partial charge < -0.3 is 20.3 Å². The number of ether oxygens (including phenoxy) is 1. The average Bonchev–Trinajstić information content (AvgIpc) is 2.34. The summed E-state index contributed by atoms with van der Waals surface area (Å²) in [6.45, 7) is 3.77. The Kier molecular flexibility index (Phi) is 10.3. The molecule has 0 radical (unpaired) electrons. The second-order valence-electron chi connectivity index (χ2n) is 4.71. The molecule has 1 unspecified atom stereocenters. The van der Waals surface area contributed by atoms with E-state index in [4.69, 9.17) is 4.74 Å². The fraction of sp³-hybridized carbons (Fsp3) is 0.917. The lowest BCUT2D eigenvalue weighted by molar-refractivity contribution is -0.123. The maximum Gasteiger partial charge on any atom is 0.237 e. The van der Waals surface area contributed by atoms with E-state index in [1.54, 1.807) is 0 Å². The molecule has 1 aliphatic rings. The molecule has 1 atom stereocenters. The number of likely N-dealkylation sites (N-methyl/N-ethyl adjacent to an activating group) is 1. The highest BCUT2D eigenvalue weighted by Crippen LogP contribution is 2.06. The number of halogens is 1. The molecule has 0 aromatic heterocycles. The number of carbonyl (C=O) groups is 1. The second-order valence-corrected chi connectivity index (χ2v) is 4.71. The molecule has 1 amide bonds. The van der Waals surface area contributed by atoms with Gasteiger partial charge in [-0.3, -0.25) is 4.79 Å². The molecule has 0 bridgehead atoms. The van der Waals surface area contributed by atoms with Crippen molar-refractivity contribution >= 4 is 18.3 Å². The number of carbonyl (C=O) groups excluding carboxylic acids is 1. The van der Waals surface area contributed by atoms with Crippen molar-refractivity contribution in [3.05, 3.63) is 0 Å². The van der Waals surface area contributed by atoms with Crippen molar-refractivity contribution in [2.24, 2.45) is 0 Å². The summed E-state index contributed by atoms with van der Waals surface area (Å²) in [6, 6.07) is 0.00512. The van der Waals surface area contributed by atoms with Gasteiger partial charge in [0.05, 0.1) is 19.3 Å². The van der Waals surface area contributed by atoms with E-state index >= 15 is 0 Å². The van der Waals surface area contributed by atoms with E-state index in [1.165, 1.54) is 6.42 Å². The quantitative estimate of drug-likeness (QED) is 0.656. The number of piperidine rings is 1. The summed E-state index contributed by atoms with van der Waals surface area (Å²) in [5.41, 5.74) is 0. The first-order chi connectivity index (χ1) is 8.20. The van der Waals surface area contributed by atoms with Crippen molar-refractivity contribution in [2.75, 3.05) is 46.9 Å². The minimum absolute atomic E-state index is 0. The Labute approximate surface area is 116 Å². The highest BCUT2D eigenvalue weighted by atomic mass is 35.5. The van der Waals surface area contributed by atoms with Crippen LogP contribution in [0.4, 0.5) is 0 Å². The van der Waals surface area contributed by atoms with Crippen LogP contribution in [0.5, 0.6) is 0 Å². The van der Waals surface area contributed by atoms with Crippen molar-refractivity contribution < 1.29 is 9.53 Å². The molecule has 0 aromatic carbocycles. The van der Waals surface area contributed by atoms with Gasteiger partial charge in [-0.15, -0.1) is 12.4 Å². The fourth-order valence-corrected chi connectivity index (χ4v) is 1.79. The lowest BCUT2D eigenvalue weighted by Crippen LogP contribution is -2.47. The second kappa shape index (κ2) is 10.6. The monoisotopic (exact) mass is 279 g/mol. The lowest BCUT2D eigenvalue weighted by atomic mass is 10.0. The highest BCUT2D eigenvalue weighted by Gasteiger charge is 2.19. The summed E-state index contributed by atoms with van der Waals surface area (Å²) in [5.74, 6) is 0.112. The number of amides is 1. The summed E-state index contributed by atoms with van der Waals surface area (Å²) in [7, 11) is 4.03. The summed E-state index contributed by atoms with van der Waals surface area (Å²) in [4.78, 5) is 13.8. The first-order valence-electron chi connectivity index (χ1n) is 6.43. The van der Waals surface area contributed by atoms with Crippen LogP contribution in [-0.2, 0) is 9.53 Å². The van der Waals surface area contributed by atoms with Gasteiger partial charge in [0.2, 0.25) is 5.91 Å². The van der Waals surface area contributed by atoms with Crippen molar-refractivity contribution in [3.8, 4) is 0 Å². The zero-order valence-electron chi connectivity index (χ0n) is 11.4. The van der Waals surface area contributed by atoms with E-state index in [0.717, 1.165) is 25.9 Å². The van der Waals surface area contributed by atoms with Gasteiger partial charge in [-0.2, -0.15) is 0 Å². The molecular weight excluding hydrogens is 254 g/mol. The molecule has 1 heterocycles. The maximum atomic E-state index is 11.7. The zero-order valence-corrected chi connectivity index (χ0v) is 12.2. The highest BCUT2D eigenvalue weighted by molar-refractivity contribution is 5.85. The number of nitrogens with one attached hydrogen (secondary N) is 2. The van der Waals surface area contributed by atoms with Crippen LogP contribution in [0.15, 0.2) is 0 Å². The van der Waals surface area contributed by atoms with Gasteiger partial charge in [-0.05, 0) is 33.5 Å². The number of hydrogen-bond acceptors (Lipinski definition) is 4. The standard InChI is InChI=1S/C12H25N3O2.ClH/c1-15(2)8-10-17-9-7-14-12(16)11-5-3-4-6-13-11;/h11,13H,3-10H2,1-2H3,(H,14,16);1H. The molecule has 1 rings (SSSR count). The predicted molar refractivity (Wildman–Crippen MR) is 75.3 cm³/mol. The van der Waals surface area contributed by atoms with Crippen molar-refractivity contribution in [2.45, 2.75) is 25.3 Å². The number of rotatable bonds is 7. The smallest absolute Gasteiger partial charge is 0.237 e. The van der Waals surface area contributed by atoms with Crippen LogP contribution in [0.2, 0.25) is 0 Å². The van der Waals surface area contributed by atoms with Crippen LogP contribution in [0.25, 0.3) is 0 Å². The Bertz CT molecular complexity index is 221. The molecule has 1 aliphatic heterocycles. The molecule has 18 heavy (non-hydrogen) atoms. The average molecular weight is 280 g/mol. The van der Waals surface area contributed by atoms with Crippen LogP contribution < -0.4 is 10.6 Å². The van der Waals surface area contributed by atoms with Crippen molar-refractivity contribution in [1.29, 1.82) is 0 Å². The van der Waals surface area contributed by atoms with E-state index in [-0.39, 0.29) is 24.4 Å². The number of hydrogen-bond donors (Lipinski definition) is 2. The van der Waals surface area contributed by atoms with Crippen LogP contribution in [-0.4, -0.2) is 63.8 Å². The van der Waals surface area contributed by atoms with E-state index in [1.807, 2.05) is 14.1 Å². The van der Waals surface area contributed by atoms with Gasteiger partial charge in [-0.25, -0.2) is 0 Å². The SMILES string of the molecule is CN(C)CCOCCNC(=O)C1CCCCN1.Cl. The Hall–Kier alpha value is -0.360. The Balaban J connectivity index is 0.00000289. The molecule has 5 nitrogen and oxygen atoms in total. The Morgan fingerprint density at radius 2 is 2.17 bits per heavy atom. The molecule has 0 spiro atoms. The van der Waals surface area contributed by atoms with Gasteiger partial charge in [0.15, 0.2) is 0 Å². The molecule has 0 saturated carbocycles. The Morgan fingerprint density at radius 1 is 1.39 bits per heavy atom. The van der Waals surface area contributed by atoms with Crippen molar-refractivity contribution in [3.63, 3.8) is 0 Å². The van der Waals surface area contributed by atoms with Crippen molar-refractivity contribution in [1.82, 2.24) is 15.5 Å². The summed E-state index contributed by atoms with van der Waals surface area (Å²) in [5, 5.41) is 6.13. The topological polar surface area (TPSA) is 53.6 Å². The summed E-state index contributed by atoms with van der Waals surface area (Å²) < 4.78 is 5.41. The maximum absolute atomic E-state index is 11.7. The largest absolute Gasteiger partial charge is 0.378 e.